The topological polar surface area (TPSA) is 52.5 Å². The Morgan fingerprint density at radius 1 is 1.44 bits per heavy atom. The van der Waals surface area contributed by atoms with E-state index in [1.165, 1.54) is 0 Å². The van der Waals surface area contributed by atoms with Crippen molar-refractivity contribution in [3.63, 3.8) is 0 Å². The highest BCUT2D eigenvalue weighted by Gasteiger charge is 2.48. The Morgan fingerprint density at radius 2 is 2.06 bits per heavy atom. The first-order valence-electron chi connectivity index (χ1n) is 6.88. The van der Waals surface area contributed by atoms with Crippen molar-refractivity contribution in [1.82, 2.24) is 0 Å². The summed E-state index contributed by atoms with van der Waals surface area (Å²) in [6.07, 6.45) is 2.39. The van der Waals surface area contributed by atoms with E-state index in [-0.39, 0.29) is 10.7 Å². The number of morpholine rings is 1. The van der Waals surface area contributed by atoms with E-state index in [0.717, 1.165) is 18.4 Å². The number of quaternary nitrogens is 1. The third kappa shape index (κ3) is 2.62. The summed E-state index contributed by atoms with van der Waals surface area (Å²) in [4.78, 5) is 0. The molecule has 4 nitrogen and oxygen atoms in total. The lowest BCUT2D eigenvalue weighted by molar-refractivity contribution is -0.921. The van der Waals surface area contributed by atoms with Gasteiger partial charge in [-0.25, -0.2) is 0 Å². The Morgan fingerprint density at radius 3 is 2.61 bits per heavy atom. The summed E-state index contributed by atoms with van der Waals surface area (Å²) < 4.78 is 4.99. The van der Waals surface area contributed by atoms with Crippen molar-refractivity contribution in [3.05, 3.63) is 17.4 Å². The lowest BCUT2D eigenvalue weighted by Gasteiger charge is -2.57. The van der Waals surface area contributed by atoms with Crippen LogP contribution in [0.15, 0.2) is 12.2 Å². The number of ether oxygens (including phenoxy) is 1. The van der Waals surface area contributed by atoms with Gasteiger partial charge in [-0.3, -0.25) is 0 Å². The van der Waals surface area contributed by atoms with Gasteiger partial charge in [-0.15, -0.1) is 0 Å². The lowest BCUT2D eigenvalue weighted by atomic mass is 9.73. The summed E-state index contributed by atoms with van der Waals surface area (Å²) >= 11 is 0. The van der Waals surface area contributed by atoms with E-state index in [2.05, 4.69) is 6.58 Å². The van der Waals surface area contributed by atoms with Gasteiger partial charge in [0.15, 0.2) is 0 Å². The molecule has 2 aliphatic rings. The van der Waals surface area contributed by atoms with E-state index in [1.807, 2.05) is 13.8 Å². The van der Waals surface area contributed by atoms with Crippen LogP contribution in [-0.2, 0) is 4.74 Å². The van der Waals surface area contributed by atoms with Crippen LogP contribution in [0.3, 0.4) is 0 Å². The molecule has 2 unspecified atom stereocenters. The second-order valence-corrected chi connectivity index (χ2v) is 6.20. The molecule has 1 aliphatic heterocycles. The summed E-state index contributed by atoms with van der Waals surface area (Å²) in [7, 11) is 0. The van der Waals surface area contributed by atoms with Crippen LogP contribution in [0.2, 0.25) is 0 Å². The van der Waals surface area contributed by atoms with E-state index in [1.54, 1.807) is 0 Å². The van der Waals surface area contributed by atoms with Gasteiger partial charge in [0.05, 0.1) is 13.2 Å². The van der Waals surface area contributed by atoms with Crippen LogP contribution >= 0.6 is 0 Å². The van der Waals surface area contributed by atoms with Crippen molar-refractivity contribution in [3.8, 4) is 0 Å². The van der Waals surface area contributed by atoms with Crippen LogP contribution in [0, 0.1) is 11.1 Å². The fourth-order valence-corrected chi connectivity index (χ4v) is 3.38. The standard InChI is InChI=1S/C14H25NO3/c1-11(2)12-4-5-14(3,16)13(10-12)15(17)6-8-18-9-7-15/h12-13,16H,1,4-10H2,2-3H3/t12?,13?,14-/m0/s1. The van der Waals surface area contributed by atoms with Crippen molar-refractivity contribution < 1.29 is 14.5 Å². The molecule has 0 aromatic rings. The zero-order valence-electron chi connectivity index (χ0n) is 11.5. The molecule has 0 bridgehead atoms. The molecule has 104 valence electrons. The number of hydrogen-bond donors (Lipinski definition) is 1. The number of allylic oxidation sites excluding steroid dienone is 1. The second kappa shape index (κ2) is 4.93. The first kappa shape index (κ1) is 14.0. The van der Waals surface area contributed by atoms with E-state index >= 15 is 0 Å². The minimum Gasteiger partial charge on any atom is -0.632 e. The summed E-state index contributed by atoms with van der Waals surface area (Å²) in [5.74, 6) is 0.377. The third-order valence-electron chi connectivity index (χ3n) is 4.72. The Hall–Kier alpha value is -0.420. The van der Waals surface area contributed by atoms with Crippen LogP contribution in [-0.4, -0.2) is 47.7 Å². The van der Waals surface area contributed by atoms with Gasteiger partial charge < -0.3 is 19.7 Å². The molecule has 1 saturated heterocycles. The minimum atomic E-state index is -0.856. The highest BCUT2D eigenvalue weighted by atomic mass is 16.6. The second-order valence-electron chi connectivity index (χ2n) is 6.20. The zero-order valence-corrected chi connectivity index (χ0v) is 11.5. The molecule has 2 rings (SSSR count). The summed E-state index contributed by atoms with van der Waals surface area (Å²) in [5, 5.41) is 23.5. The smallest absolute Gasteiger partial charge is 0.118 e. The lowest BCUT2D eigenvalue weighted by Crippen LogP contribution is -2.66. The minimum absolute atomic E-state index is 0.239. The maximum absolute atomic E-state index is 12.9. The molecule has 2 fully saturated rings. The molecule has 18 heavy (non-hydrogen) atoms. The quantitative estimate of drug-likeness (QED) is 0.465. The highest BCUT2D eigenvalue weighted by Crippen LogP contribution is 2.40. The van der Waals surface area contributed by atoms with E-state index in [4.69, 9.17) is 4.74 Å². The summed E-state index contributed by atoms with van der Waals surface area (Å²) in [6, 6.07) is -0.239. The first-order valence-corrected chi connectivity index (χ1v) is 6.88. The van der Waals surface area contributed by atoms with E-state index in [9.17, 15) is 10.3 Å². The van der Waals surface area contributed by atoms with E-state index < -0.39 is 5.60 Å². The molecule has 4 heteroatoms. The number of aliphatic hydroxyl groups is 1. The largest absolute Gasteiger partial charge is 0.632 e. The fourth-order valence-electron chi connectivity index (χ4n) is 3.38. The molecule has 0 aromatic heterocycles. The fraction of sp³-hybridized carbons (Fsp3) is 0.857. The number of hydrogen-bond acceptors (Lipinski definition) is 3. The molecule has 1 saturated carbocycles. The predicted molar refractivity (Wildman–Crippen MR) is 70.7 cm³/mol. The third-order valence-corrected chi connectivity index (χ3v) is 4.72. The number of nitrogens with zero attached hydrogens (tertiary/aromatic N) is 1. The Bertz CT molecular complexity index is 321. The molecule has 0 amide bonds. The van der Waals surface area contributed by atoms with Gasteiger partial charge in [-0.1, -0.05) is 12.2 Å². The molecule has 1 heterocycles. The summed E-state index contributed by atoms with van der Waals surface area (Å²) in [5.41, 5.74) is 0.278. The van der Waals surface area contributed by atoms with Crippen LogP contribution in [0.1, 0.15) is 33.1 Å². The Labute approximate surface area is 109 Å². The van der Waals surface area contributed by atoms with E-state index in [0.29, 0.717) is 38.6 Å². The highest BCUT2D eigenvalue weighted by molar-refractivity contribution is 5.03. The van der Waals surface area contributed by atoms with Gasteiger partial charge in [0.2, 0.25) is 0 Å². The number of hydroxylamine groups is 3. The van der Waals surface area contributed by atoms with Crippen LogP contribution < -0.4 is 0 Å². The van der Waals surface area contributed by atoms with Gasteiger partial charge in [0.25, 0.3) is 0 Å². The average molecular weight is 255 g/mol. The Kier molecular flexibility index (Phi) is 3.83. The maximum Gasteiger partial charge on any atom is 0.118 e. The van der Waals surface area contributed by atoms with Crippen molar-refractivity contribution in [2.45, 2.75) is 44.8 Å². The maximum atomic E-state index is 12.9. The van der Waals surface area contributed by atoms with Crippen molar-refractivity contribution in [1.29, 1.82) is 0 Å². The summed E-state index contributed by atoms with van der Waals surface area (Å²) in [6.45, 7) is 9.80. The van der Waals surface area contributed by atoms with Crippen molar-refractivity contribution in [2.24, 2.45) is 5.92 Å². The Balaban J connectivity index is 2.18. The van der Waals surface area contributed by atoms with Gasteiger partial charge in [0.1, 0.15) is 24.7 Å². The van der Waals surface area contributed by atoms with Gasteiger partial charge in [0, 0.05) is 6.42 Å². The first-order chi connectivity index (χ1) is 8.35. The predicted octanol–water partition coefficient (Wildman–Crippen LogP) is 1.83. The normalized spacial score (nSPS) is 40.4. The van der Waals surface area contributed by atoms with Crippen LogP contribution in [0.5, 0.6) is 0 Å². The average Bonchev–Trinajstić information content (AvgIpc) is 2.28. The van der Waals surface area contributed by atoms with Crippen LogP contribution in [0.25, 0.3) is 0 Å². The molecule has 1 aliphatic carbocycles. The monoisotopic (exact) mass is 255 g/mol. The molecule has 0 aromatic carbocycles. The molecular formula is C14H25NO3. The molecule has 3 atom stereocenters. The molecule has 0 radical (unpaired) electrons. The van der Waals surface area contributed by atoms with Gasteiger partial charge in [-0.2, -0.15) is 0 Å². The zero-order chi connectivity index (χ0) is 13.4. The van der Waals surface area contributed by atoms with Gasteiger partial charge in [-0.05, 0) is 32.6 Å². The SMILES string of the molecule is C=C(C)C1CC[C@](C)(O)C([N+]2([O-])CCOCC2)C1. The molecular weight excluding hydrogens is 230 g/mol. The van der Waals surface area contributed by atoms with Crippen molar-refractivity contribution >= 4 is 0 Å². The van der Waals surface area contributed by atoms with Crippen LogP contribution in [0.4, 0.5) is 0 Å². The molecule has 0 spiro atoms. The van der Waals surface area contributed by atoms with Crippen molar-refractivity contribution in [2.75, 3.05) is 26.3 Å². The molecule has 1 N–H and O–H groups in total. The van der Waals surface area contributed by atoms with Gasteiger partial charge >= 0.3 is 0 Å². The number of rotatable bonds is 2.